The molecule has 60 heavy (non-hydrogen) atoms. The summed E-state index contributed by atoms with van der Waals surface area (Å²) in [6, 6.07) is 11.7. The molecule has 0 unspecified atom stereocenters. The molecule has 16 heteroatoms. The Bertz CT molecular complexity index is 1770. The molecule has 2 aromatic heterocycles. The SMILES string of the molecule is CCN(C(=O)Cn1c(C(=O)N[C@H]2CC[C@H](C(=O)NCCCCCCCC(=O)NCCOCCOCCOCCOCCC(=O)O)CC2)cc2sccc21)c1cccc(C)c1. The van der Waals surface area contributed by atoms with Crippen molar-refractivity contribution in [1.82, 2.24) is 20.5 Å². The summed E-state index contributed by atoms with van der Waals surface area (Å²) in [6.07, 6.45) is 7.98. The first kappa shape index (κ1) is 48.3. The van der Waals surface area contributed by atoms with Gasteiger partial charge >= 0.3 is 5.97 Å². The number of fused-ring (bicyclic) bond motifs is 1. The lowest BCUT2D eigenvalue weighted by atomic mass is 9.85. The van der Waals surface area contributed by atoms with Gasteiger partial charge in [0, 0.05) is 43.7 Å². The molecule has 1 fully saturated rings. The number of nitrogens with one attached hydrogen (secondary N) is 3. The normalized spacial score (nSPS) is 15.2. The highest BCUT2D eigenvalue weighted by atomic mass is 32.1. The van der Waals surface area contributed by atoms with Crippen LogP contribution in [0.3, 0.4) is 0 Å². The Hall–Kier alpha value is -4.35. The summed E-state index contributed by atoms with van der Waals surface area (Å²) in [4.78, 5) is 64.4. The molecule has 2 heterocycles. The van der Waals surface area contributed by atoms with Gasteiger partial charge in [0.05, 0.1) is 69.5 Å². The largest absolute Gasteiger partial charge is 0.481 e. The minimum Gasteiger partial charge on any atom is -0.481 e. The fourth-order valence-corrected chi connectivity index (χ4v) is 8.01. The van der Waals surface area contributed by atoms with Crippen molar-refractivity contribution < 1.29 is 48.0 Å². The number of carbonyl (C=O) groups excluding carboxylic acids is 4. The lowest BCUT2D eigenvalue weighted by Gasteiger charge is -2.28. The molecule has 0 spiro atoms. The molecule has 0 radical (unpaired) electrons. The number of carbonyl (C=O) groups is 5. The minimum absolute atomic E-state index is 0.0134. The van der Waals surface area contributed by atoms with E-state index in [2.05, 4.69) is 16.0 Å². The Balaban J connectivity index is 0.989. The highest BCUT2D eigenvalue weighted by molar-refractivity contribution is 7.17. The predicted octanol–water partition coefficient (Wildman–Crippen LogP) is 5.47. The number of ether oxygens (including phenoxy) is 4. The smallest absolute Gasteiger partial charge is 0.305 e. The average molecular weight is 856 g/mol. The quantitative estimate of drug-likeness (QED) is 0.0627. The standard InChI is InChI=1S/C44H65N5O10S/c1-3-48(36-11-9-10-33(2)30-36)41(51)32-49-37-18-29-60-39(37)31-38(49)44(55)47-35-15-13-34(14-16-35)43(54)46-19-8-6-4-5-7-12-40(50)45-20-22-57-24-26-59-28-27-58-25-23-56-21-17-42(52)53/h9-11,18,29-31,34-35H,3-8,12-17,19-28,32H2,1-2H3,(H,45,50)(H,46,54)(H,47,55)(H,52,53)/t34-,35-. The van der Waals surface area contributed by atoms with Crippen molar-refractivity contribution in [3.05, 3.63) is 53.0 Å². The van der Waals surface area contributed by atoms with Crippen LogP contribution in [0.25, 0.3) is 10.2 Å². The van der Waals surface area contributed by atoms with Gasteiger partial charge in [-0.1, -0.05) is 31.4 Å². The van der Waals surface area contributed by atoms with Crippen LogP contribution in [0.2, 0.25) is 0 Å². The summed E-state index contributed by atoms with van der Waals surface area (Å²) in [5, 5.41) is 19.7. The lowest BCUT2D eigenvalue weighted by Crippen LogP contribution is -2.42. The number of anilines is 1. The molecule has 1 aliphatic rings. The van der Waals surface area contributed by atoms with Crippen LogP contribution >= 0.6 is 11.3 Å². The van der Waals surface area contributed by atoms with Gasteiger partial charge < -0.3 is 49.5 Å². The Morgan fingerprint density at radius 1 is 0.783 bits per heavy atom. The van der Waals surface area contributed by atoms with Gasteiger partial charge in [-0.15, -0.1) is 11.3 Å². The van der Waals surface area contributed by atoms with Gasteiger partial charge in [-0.25, -0.2) is 0 Å². The summed E-state index contributed by atoms with van der Waals surface area (Å²) in [5.41, 5.74) is 3.27. The van der Waals surface area contributed by atoms with E-state index < -0.39 is 5.97 Å². The van der Waals surface area contributed by atoms with Crippen LogP contribution in [0.5, 0.6) is 0 Å². The van der Waals surface area contributed by atoms with Gasteiger partial charge in [0.15, 0.2) is 0 Å². The van der Waals surface area contributed by atoms with Gasteiger partial charge in [-0.3, -0.25) is 24.0 Å². The summed E-state index contributed by atoms with van der Waals surface area (Å²) < 4.78 is 24.2. The molecule has 1 aromatic carbocycles. The highest BCUT2D eigenvalue weighted by Crippen LogP contribution is 2.28. The van der Waals surface area contributed by atoms with E-state index in [4.69, 9.17) is 24.1 Å². The Kier molecular flexibility index (Phi) is 22.1. The summed E-state index contributed by atoms with van der Waals surface area (Å²) in [7, 11) is 0. The average Bonchev–Trinajstić information content (AvgIpc) is 3.83. The number of hydrogen-bond acceptors (Lipinski definition) is 10. The van der Waals surface area contributed by atoms with Crippen LogP contribution < -0.4 is 20.9 Å². The topological polar surface area (TPSA) is 187 Å². The van der Waals surface area contributed by atoms with Crippen LogP contribution in [0.4, 0.5) is 5.69 Å². The molecule has 3 aromatic rings. The summed E-state index contributed by atoms with van der Waals surface area (Å²) in [6.45, 7) is 8.62. The first-order chi connectivity index (χ1) is 29.2. The number of hydrogen-bond donors (Lipinski definition) is 4. The number of likely N-dealkylation sites (N-methyl/N-ethyl adjacent to an activating group) is 1. The van der Waals surface area contributed by atoms with Gasteiger partial charge in [0.2, 0.25) is 17.7 Å². The van der Waals surface area contributed by atoms with Gasteiger partial charge in [0.25, 0.3) is 5.91 Å². The summed E-state index contributed by atoms with van der Waals surface area (Å²) >= 11 is 1.55. The van der Waals surface area contributed by atoms with Crippen LogP contribution in [0.1, 0.15) is 93.6 Å². The van der Waals surface area contributed by atoms with E-state index in [1.165, 1.54) is 0 Å². The zero-order valence-corrected chi connectivity index (χ0v) is 36.2. The lowest BCUT2D eigenvalue weighted by molar-refractivity contribution is -0.138. The first-order valence-electron chi connectivity index (χ1n) is 21.5. The van der Waals surface area contributed by atoms with Crippen molar-refractivity contribution in [1.29, 1.82) is 0 Å². The van der Waals surface area contributed by atoms with Crippen molar-refractivity contribution in [3.63, 3.8) is 0 Å². The minimum atomic E-state index is -0.887. The number of nitrogens with zero attached hydrogens (tertiary/aromatic N) is 2. The molecule has 332 valence electrons. The number of benzene rings is 1. The zero-order chi connectivity index (χ0) is 43.0. The van der Waals surface area contributed by atoms with E-state index in [1.807, 2.05) is 60.2 Å². The predicted molar refractivity (Wildman–Crippen MR) is 231 cm³/mol. The molecule has 4 amide bonds. The molecule has 15 nitrogen and oxygen atoms in total. The second-order valence-corrected chi connectivity index (χ2v) is 16.0. The molecule has 4 rings (SSSR count). The number of amides is 4. The van der Waals surface area contributed by atoms with E-state index in [-0.39, 0.29) is 55.2 Å². The first-order valence-corrected chi connectivity index (χ1v) is 22.4. The molecule has 1 saturated carbocycles. The van der Waals surface area contributed by atoms with Crippen LogP contribution in [0.15, 0.2) is 41.8 Å². The second-order valence-electron chi connectivity index (χ2n) is 15.0. The fourth-order valence-electron chi connectivity index (χ4n) is 7.18. The highest BCUT2D eigenvalue weighted by Gasteiger charge is 2.29. The number of aryl methyl sites for hydroxylation is 1. The van der Waals surface area contributed by atoms with Crippen LogP contribution in [-0.4, -0.2) is 118 Å². The maximum absolute atomic E-state index is 13.6. The molecule has 4 N–H and O–H groups in total. The van der Waals surface area contributed by atoms with Crippen molar-refractivity contribution in [2.75, 3.05) is 77.4 Å². The summed E-state index contributed by atoms with van der Waals surface area (Å²) in [5.74, 6) is -1.13. The number of carboxylic acids is 1. The van der Waals surface area contributed by atoms with E-state index >= 15 is 0 Å². The molecule has 0 atom stereocenters. The monoisotopic (exact) mass is 855 g/mol. The van der Waals surface area contributed by atoms with E-state index in [0.717, 1.165) is 66.4 Å². The molecule has 0 aliphatic heterocycles. The van der Waals surface area contributed by atoms with E-state index in [9.17, 15) is 24.0 Å². The third-order valence-electron chi connectivity index (χ3n) is 10.4. The van der Waals surface area contributed by atoms with Crippen LogP contribution in [0, 0.1) is 12.8 Å². The third-order valence-corrected chi connectivity index (χ3v) is 11.3. The number of unbranched alkanes of at least 4 members (excludes halogenated alkanes) is 4. The number of thiophene rings is 1. The van der Waals surface area contributed by atoms with Gasteiger partial charge in [0.1, 0.15) is 12.2 Å². The molecular formula is C44H65N5O10S. The number of aliphatic carboxylic acids is 1. The third kappa shape index (κ3) is 17.3. The van der Waals surface area contributed by atoms with E-state index in [1.54, 1.807) is 16.2 Å². The maximum Gasteiger partial charge on any atom is 0.305 e. The van der Waals surface area contributed by atoms with Gasteiger partial charge in [-0.2, -0.15) is 0 Å². The Labute approximate surface area is 357 Å². The molecular weight excluding hydrogens is 791 g/mol. The van der Waals surface area contributed by atoms with Crippen molar-refractivity contribution >= 4 is 56.8 Å². The second kappa shape index (κ2) is 27.5. The van der Waals surface area contributed by atoms with Crippen LogP contribution in [-0.2, 0) is 44.7 Å². The Morgan fingerprint density at radius 2 is 1.45 bits per heavy atom. The number of aromatic nitrogens is 1. The van der Waals surface area contributed by atoms with Gasteiger partial charge in [-0.05, 0) is 87.6 Å². The number of rotatable bonds is 30. The van der Waals surface area contributed by atoms with E-state index in [0.29, 0.717) is 90.8 Å². The van der Waals surface area contributed by atoms with Crippen molar-refractivity contribution in [2.45, 2.75) is 97.1 Å². The Morgan fingerprint density at radius 3 is 2.13 bits per heavy atom. The van der Waals surface area contributed by atoms with Crippen molar-refractivity contribution in [3.8, 4) is 0 Å². The molecule has 0 saturated heterocycles. The maximum atomic E-state index is 13.6. The molecule has 1 aliphatic carbocycles. The van der Waals surface area contributed by atoms with Crippen molar-refractivity contribution in [2.24, 2.45) is 5.92 Å². The zero-order valence-electron chi connectivity index (χ0n) is 35.4. The fraction of sp³-hybridized carbons (Fsp3) is 0.614. The number of carboxylic acid groups (broad SMARTS) is 1. The molecule has 0 bridgehead atoms.